The predicted octanol–water partition coefficient (Wildman–Crippen LogP) is 1.64. The number of benzene rings is 1. The molecule has 0 saturated carbocycles. The van der Waals surface area contributed by atoms with E-state index in [2.05, 4.69) is 0 Å². The summed E-state index contributed by atoms with van der Waals surface area (Å²) in [6.45, 7) is -0.131. The summed E-state index contributed by atoms with van der Waals surface area (Å²) in [6.07, 6.45) is 2.25. The number of carbonyl (C=O) groups is 1. The van der Waals surface area contributed by atoms with Gasteiger partial charge in [-0.3, -0.25) is 14.9 Å². The number of aromatic nitrogens is 1. The van der Waals surface area contributed by atoms with Gasteiger partial charge < -0.3 is 9.67 Å². The lowest BCUT2D eigenvalue weighted by Crippen LogP contribution is -2.12. The van der Waals surface area contributed by atoms with Crippen molar-refractivity contribution in [3.05, 3.63) is 73.9 Å². The summed E-state index contributed by atoms with van der Waals surface area (Å²) in [7, 11) is 0. The standard InChI is InChI=1S/C13H9FN2O5/c14-10-2-1-8(13(18)19)5-9(10)6-15-4-3-12(17)11(7-15)16(20)21/h1-5,7H,6H2,(H,18,19). The molecule has 8 heteroatoms. The summed E-state index contributed by atoms with van der Waals surface area (Å²) in [5.41, 5.74) is -1.43. The van der Waals surface area contributed by atoms with Crippen LogP contribution in [0, 0.1) is 15.9 Å². The van der Waals surface area contributed by atoms with E-state index in [0.29, 0.717) is 0 Å². The Morgan fingerprint density at radius 1 is 1.38 bits per heavy atom. The molecule has 0 aliphatic rings. The van der Waals surface area contributed by atoms with Gasteiger partial charge in [-0.25, -0.2) is 9.18 Å². The molecule has 2 rings (SSSR count). The van der Waals surface area contributed by atoms with E-state index in [0.717, 1.165) is 30.5 Å². The second-order valence-electron chi connectivity index (χ2n) is 4.24. The summed E-state index contributed by atoms with van der Waals surface area (Å²) in [5.74, 6) is -1.84. The van der Waals surface area contributed by atoms with E-state index in [-0.39, 0.29) is 17.7 Å². The van der Waals surface area contributed by atoms with Crippen molar-refractivity contribution in [1.29, 1.82) is 0 Å². The number of aromatic carboxylic acids is 1. The Balaban J connectivity index is 2.40. The van der Waals surface area contributed by atoms with E-state index in [1.807, 2.05) is 0 Å². The summed E-state index contributed by atoms with van der Waals surface area (Å²) in [6, 6.07) is 4.27. The molecule has 0 bridgehead atoms. The van der Waals surface area contributed by atoms with Crippen molar-refractivity contribution in [1.82, 2.24) is 4.57 Å². The summed E-state index contributed by atoms with van der Waals surface area (Å²) in [5, 5.41) is 19.5. The highest BCUT2D eigenvalue weighted by Crippen LogP contribution is 2.13. The summed E-state index contributed by atoms with van der Waals surface area (Å²) in [4.78, 5) is 32.0. The van der Waals surface area contributed by atoms with Gasteiger partial charge >= 0.3 is 11.7 Å². The van der Waals surface area contributed by atoms with E-state index in [4.69, 9.17) is 5.11 Å². The highest BCUT2D eigenvalue weighted by molar-refractivity contribution is 5.87. The smallest absolute Gasteiger partial charge is 0.335 e. The van der Waals surface area contributed by atoms with Gasteiger partial charge in [-0.2, -0.15) is 0 Å². The summed E-state index contributed by atoms with van der Waals surface area (Å²) >= 11 is 0. The molecule has 0 aliphatic heterocycles. The number of hydrogen-bond acceptors (Lipinski definition) is 4. The average Bonchev–Trinajstić information content (AvgIpc) is 2.42. The van der Waals surface area contributed by atoms with Crippen molar-refractivity contribution in [3.8, 4) is 0 Å². The molecular formula is C13H9FN2O5. The van der Waals surface area contributed by atoms with Crippen LogP contribution in [-0.4, -0.2) is 20.6 Å². The zero-order valence-electron chi connectivity index (χ0n) is 10.5. The molecule has 1 heterocycles. The minimum atomic E-state index is -1.21. The molecule has 108 valence electrons. The van der Waals surface area contributed by atoms with Crippen molar-refractivity contribution < 1.29 is 19.2 Å². The average molecular weight is 292 g/mol. The van der Waals surface area contributed by atoms with Crippen LogP contribution in [0.25, 0.3) is 0 Å². The molecular weight excluding hydrogens is 283 g/mol. The van der Waals surface area contributed by atoms with E-state index >= 15 is 0 Å². The molecule has 1 aromatic carbocycles. The van der Waals surface area contributed by atoms with E-state index in [1.54, 1.807) is 0 Å². The Kier molecular flexibility index (Phi) is 3.79. The Bertz CT molecular complexity index is 784. The van der Waals surface area contributed by atoms with Gasteiger partial charge in [0, 0.05) is 17.8 Å². The Hall–Kier alpha value is -3.03. The first-order chi connectivity index (χ1) is 9.88. The maximum atomic E-state index is 13.7. The molecule has 2 aromatic rings. The van der Waals surface area contributed by atoms with Crippen LogP contribution in [0.4, 0.5) is 10.1 Å². The number of nitro groups is 1. The first-order valence-electron chi connectivity index (χ1n) is 5.74. The number of rotatable bonds is 4. The van der Waals surface area contributed by atoms with Crippen molar-refractivity contribution in [2.24, 2.45) is 0 Å². The fraction of sp³-hybridized carbons (Fsp3) is 0.0769. The quantitative estimate of drug-likeness (QED) is 0.681. The number of carboxylic acid groups (broad SMARTS) is 1. The van der Waals surface area contributed by atoms with Crippen LogP contribution < -0.4 is 5.43 Å². The van der Waals surface area contributed by atoms with E-state index in [1.165, 1.54) is 10.8 Å². The highest BCUT2D eigenvalue weighted by Gasteiger charge is 2.13. The second-order valence-corrected chi connectivity index (χ2v) is 4.24. The van der Waals surface area contributed by atoms with Gasteiger partial charge in [0.15, 0.2) is 0 Å². The maximum Gasteiger partial charge on any atom is 0.335 e. The molecule has 21 heavy (non-hydrogen) atoms. The van der Waals surface area contributed by atoms with Gasteiger partial charge in [-0.05, 0) is 18.2 Å². The second kappa shape index (κ2) is 5.53. The number of halogens is 1. The van der Waals surface area contributed by atoms with Crippen LogP contribution in [0.3, 0.4) is 0 Å². The molecule has 0 spiro atoms. The van der Waals surface area contributed by atoms with Gasteiger partial charge in [0.25, 0.3) is 5.43 Å². The minimum absolute atomic E-state index is 0.0489. The van der Waals surface area contributed by atoms with Gasteiger partial charge in [-0.1, -0.05) is 0 Å². The largest absolute Gasteiger partial charge is 0.478 e. The number of hydrogen-bond donors (Lipinski definition) is 1. The highest BCUT2D eigenvalue weighted by atomic mass is 19.1. The maximum absolute atomic E-state index is 13.7. The third kappa shape index (κ3) is 3.11. The Morgan fingerprint density at radius 2 is 2.10 bits per heavy atom. The van der Waals surface area contributed by atoms with E-state index in [9.17, 15) is 24.1 Å². The van der Waals surface area contributed by atoms with Crippen molar-refractivity contribution in [3.63, 3.8) is 0 Å². The molecule has 0 atom stereocenters. The SMILES string of the molecule is O=C(O)c1ccc(F)c(Cn2ccc(=O)c([N+](=O)[O-])c2)c1. The molecule has 0 amide bonds. The zero-order chi connectivity index (χ0) is 15.6. The molecule has 1 N–H and O–H groups in total. The lowest BCUT2D eigenvalue weighted by Gasteiger charge is -2.08. The minimum Gasteiger partial charge on any atom is -0.478 e. The first kappa shape index (κ1) is 14.4. The fourth-order valence-electron chi connectivity index (χ4n) is 1.77. The van der Waals surface area contributed by atoms with Crippen LogP contribution in [0.2, 0.25) is 0 Å². The molecule has 0 radical (unpaired) electrons. The summed E-state index contributed by atoms with van der Waals surface area (Å²) < 4.78 is 14.9. The Labute approximate surface area is 117 Å². The monoisotopic (exact) mass is 292 g/mol. The first-order valence-corrected chi connectivity index (χ1v) is 5.74. The normalized spacial score (nSPS) is 10.3. The fourth-order valence-corrected chi connectivity index (χ4v) is 1.77. The predicted molar refractivity (Wildman–Crippen MR) is 69.8 cm³/mol. The van der Waals surface area contributed by atoms with Crippen LogP contribution in [0.1, 0.15) is 15.9 Å². The molecule has 0 unspecified atom stereocenters. The third-order valence-corrected chi connectivity index (χ3v) is 2.80. The van der Waals surface area contributed by atoms with Gasteiger partial charge in [0.2, 0.25) is 0 Å². The number of carboxylic acids is 1. The van der Waals surface area contributed by atoms with Crippen molar-refractivity contribution in [2.75, 3.05) is 0 Å². The van der Waals surface area contributed by atoms with Crippen LogP contribution >= 0.6 is 0 Å². The van der Waals surface area contributed by atoms with Crippen LogP contribution in [-0.2, 0) is 6.54 Å². The van der Waals surface area contributed by atoms with Gasteiger partial charge in [0.05, 0.1) is 23.2 Å². The lowest BCUT2D eigenvalue weighted by molar-refractivity contribution is -0.386. The topological polar surface area (TPSA) is 102 Å². The van der Waals surface area contributed by atoms with Crippen molar-refractivity contribution >= 4 is 11.7 Å². The van der Waals surface area contributed by atoms with Crippen molar-refractivity contribution in [2.45, 2.75) is 6.54 Å². The number of pyridine rings is 1. The van der Waals surface area contributed by atoms with E-state index < -0.39 is 27.8 Å². The third-order valence-electron chi connectivity index (χ3n) is 2.80. The Morgan fingerprint density at radius 3 is 2.71 bits per heavy atom. The number of nitrogens with zero attached hydrogens (tertiary/aromatic N) is 2. The molecule has 0 saturated heterocycles. The van der Waals surface area contributed by atoms with Crippen LogP contribution in [0.15, 0.2) is 41.5 Å². The van der Waals surface area contributed by atoms with Gasteiger partial charge in [-0.15, -0.1) is 0 Å². The molecule has 1 aromatic heterocycles. The van der Waals surface area contributed by atoms with Gasteiger partial charge in [0.1, 0.15) is 5.82 Å². The molecule has 0 fully saturated rings. The molecule has 7 nitrogen and oxygen atoms in total. The lowest BCUT2D eigenvalue weighted by atomic mass is 10.1. The zero-order valence-corrected chi connectivity index (χ0v) is 10.5. The molecule has 0 aliphatic carbocycles. The van der Waals surface area contributed by atoms with Crippen LogP contribution in [0.5, 0.6) is 0 Å².